The number of rotatable bonds is 6. The average Bonchev–Trinajstić information content (AvgIpc) is 2.45. The van der Waals surface area contributed by atoms with Crippen molar-refractivity contribution in [2.45, 2.75) is 33.0 Å². The molecule has 0 unspecified atom stereocenters. The molecule has 0 aliphatic heterocycles. The van der Waals surface area contributed by atoms with E-state index < -0.39 is 0 Å². The molecule has 0 bridgehead atoms. The molecule has 1 heterocycles. The summed E-state index contributed by atoms with van der Waals surface area (Å²) in [4.78, 5) is 6.74. The molecule has 2 rings (SSSR count). The van der Waals surface area contributed by atoms with E-state index in [0.29, 0.717) is 6.04 Å². The molecule has 0 atom stereocenters. The summed E-state index contributed by atoms with van der Waals surface area (Å²) in [5, 5.41) is 3.46. The second-order valence-electron chi connectivity index (χ2n) is 5.51. The van der Waals surface area contributed by atoms with Gasteiger partial charge in [0.05, 0.1) is 0 Å². The molecule has 4 heteroatoms. The molecule has 21 heavy (non-hydrogen) atoms. The van der Waals surface area contributed by atoms with E-state index in [-0.39, 0.29) is 0 Å². The minimum Gasteiger partial charge on any atom is -0.355 e. The molecule has 0 aliphatic rings. The van der Waals surface area contributed by atoms with E-state index in [1.54, 1.807) is 0 Å². The van der Waals surface area contributed by atoms with Gasteiger partial charge in [-0.2, -0.15) is 0 Å². The first-order valence-electron chi connectivity index (χ1n) is 7.19. The van der Waals surface area contributed by atoms with E-state index in [9.17, 15) is 0 Å². The Morgan fingerprint density at radius 2 is 2.05 bits per heavy atom. The molecule has 2 aromatic rings. The number of nitrogens with one attached hydrogen (secondary N) is 1. The predicted octanol–water partition coefficient (Wildman–Crippen LogP) is 3.98. The van der Waals surface area contributed by atoms with Gasteiger partial charge in [-0.1, -0.05) is 48.0 Å². The van der Waals surface area contributed by atoms with E-state index in [1.165, 1.54) is 11.1 Å². The van der Waals surface area contributed by atoms with Crippen LogP contribution in [0.3, 0.4) is 0 Å². The largest absolute Gasteiger partial charge is 0.355 e. The molecule has 1 N–H and O–H groups in total. The van der Waals surface area contributed by atoms with Crippen LogP contribution in [0.15, 0.2) is 47.1 Å². The fourth-order valence-electron chi connectivity index (χ4n) is 2.21. The van der Waals surface area contributed by atoms with E-state index in [2.05, 4.69) is 76.3 Å². The fraction of sp³-hybridized carbons (Fsp3) is 0.353. The van der Waals surface area contributed by atoms with Crippen molar-refractivity contribution in [1.82, 2.24) is 10.3 Å². The number of aromatic nitrogens is 1. The van der Waals surface area contributed by atoms with Crippen LogP contribution in [0.1, 0.15) is 25.0 Å². The quantitative estimate of drug-likeness (QED) is 0.856. The molecule has 0 saturated heterocycles. The standard InChI is InChI=1S/C17H22BrN3/c1-13(2)20-11-15-7-5-9-19-17(15)21(3)12-14-6-4-8-16(18)10-14/h4-10,13,20H,11-12H2,1-3H3. The Hall–Kier alpha value is -1.39. The summed E-state index contributed by atoms with van der Waals surface area (Å²) < 4.78 is 1.11. The Kier molecular flexibility index (Phi) is 5.76. The van der Waals surface area contributed by atoms with Gasteiger partial charge in [-0.25, -0.2) is 4.98 Å². The van der Waals surface area contributed by atoms with Crippen molar-refractivity contribution in [2.24, 2.45) is 0 Å². The molecule has 0 aliphatic carbocycles. The van der Waals surface area contributed by atoms with Crippen LogP contribution in [0, 0.1) is 0 Å². The maximum atomic E-state index is 4.55. The number of benzene rings is 1. The second kappa shape index (κ2) is 7.57. The van der Waals surface area contributed by atoms with Crippen LogP contribution in [0.2, 0.25) is 0 Å². The lowest BCUT2D eigenvalue weighted by molar-refractivity contribution is 0.587. The van der Waals surface area contributed by atoms with Crippen LogP contribution in [0.4, 0.5) is 5.82 Å². The van der Waals surface area contributed by atoms with Crippen LogP contribution >= 0.6 is 15.9 Å². The van der Waals surface area contributed by atoms with Crippen LogP contribution < -0.4 is 10.2 Å². The lowest BCUT2D eigenvalue weighted by Gasteiger charge is -2.22. The Labute approximate surface area is 135 Å². The maximum Gasteiger partial charge on any atom is 0.133 e. The summed E-state index contributed by atoms with van der Waals surface area (Å²) in [6.07, 6.45) is 1.85. The molecule has 0 radical (unpaired) electrons. The van der Waals surface area contributed by atoms with Gasteiger partial charge in [-0.3, -0.25) is 0 Å². The van der Waals surface area contributed by atoms with Crippen molar-refractivity contribution in [2.75, 3.05) is 11.9 Å². The molecule has 0 fully saturated rings. The maximum absolute atomic E-state index is 4.55. The summed E-state index contributed by atoms with van der Waals surface area (Å²) in [6.45, 7) is 5.98. The van der Waals surface area contributed by atoms with Gasteiger partial charge >= 0.3 is 0 Å². The lowest BCUT2D eigenvalue weighted by atomic mass is 10.2. The van der Waals surface area contributed by atoms with Crippen molar-refractivity contribution in [3.63, 3.8) is 0 Å². The average molecular weight is 348 g/mol. The molecular weight excluding hydrogens is 326 g/mol. The minimum absolute atomic E-state index is 0.466. The van der Waals surface area contributed by atoms with Gasteiger partial charge in [0, 0.05) is 42.4 Å². The third-order valence-corrected chi connectivity index (χ3v) is 3.73. The summed E-state index contributed by atoms with van der Waals surface area (Å²) >= 11 is 3.52. The van der Waals surface area contributed by atoms with Gasteiger partial charge in [-0.05, 0) is 23.8 Å². The SMILES string of the molecule is CC(C)NCc1cccnc1N(C)Cc1cccc(Br)c1. The molecule has 0 spiro atoms. The smallest absolute Gasteiger partial charge is 0.133 e. The normalized spacial score (nSPS) is 10.9. The molecule has 3 nitrogen and oxygen atoms in total. The van der Waals surface area contributed by atoms with Crippen LogP contribution in [-0.4, -0.2) is 18.1 Å². The first kappa shape index (κ1) is 16.0. The van der Waals surface area contributed by atoms with Crippen LogP contribution in [0.25, 0.3) is 0 Å². The number of halogens is 1. The van der Waals surface area contributed by atoms with Gasteiger partial charge in [0.15, 0.2) is 0 Å². The van der Waals surface area contributed by atoms with E-state index in [1.807, 2.05) is 18.3 Å². The minimum atomic E-state index is 0.466. The molecule has 1 aromatic carbocycles. The number of pyridine rings is 1. The van der Waals surface area contributed by atoms with Crippen molar-refractivity contribution in [1.29, 1.82) is 0 Å². The molecule has 112 valence electrons. The highest BCUT2D eigenvalue weighted by molar-refractivity contribution is 9.10. The Morgan fingerprint density at radius 1 is 1.24 bits per heavy atom. The molecule has 1 aromatic heterocycles. The van der Waals surface area contributed by atoms with Crippen molar-refractivity contribution in [3.8, 4) is 0 Å². The predicted molar refractivity (Wildman–Crippen MR) is 92.5 cm³/mol. The first-order chi connectivity index (χ1) is 10.1. The van der Waals surface area contributed by atoms with E-state index in [0.717, 1.165) is 23.4 Å². The number of anilines is 1. The highest BCUT2D eigenvalue weighted by Crippen LogP contribution is 2.19. The van der Waals surface area contributed by atoms with E-state index >= 15 is 0 Å². The Morgan fingerprint density at radius 3 is 2.76 bits per heavy atom. The summed E-state index contributed by atoms with van der Waals surface area (Å²) in [5.41, 5.74) is 2.49. The monoisotopic (exact) mass is 347 g/mol. The highest BCUT2D eigenvalue weighted by atomic mass is 79.9. The van der Waals surface area contributed by atoms with Crippen LogP contribution in [0.5, 0.6) is 0 Å². The summed E-state index contributed by atoms with van der Waals surface area (Å²) in [5.74, 6) is 1.03. The number of nitrogens with zero attached hydrogens (tertiary/aromatic N) is 2. The zero-order valence-electron chi connectivity index (χ0n) is 12.8. The third kappa shape index (κ3) is 4.83. The first-order valence-corrected chi connectivity index (χ1v) is 7.98. The lowest BCUT2D eigenvalue weighted by Crippen LogP contribution is -2.25. The number of hydrogen-bond acceptors (Lipinski definition) is 3. The second-order valence-corrected chi connectivity index (χ2v) is 6.42. The van der Waals surface area contributed by atoms with Crippen molar-refractivity contribution >= 4 is 21.7 Å². The summed E-state index contributed by atoms with van der Waals surface area (Å²) in [7, 11) is 2.09. The summed E-state index contributed by atoms with van der Waals surface area (Å²) in [6, 6.07) is 13.0. The molecule has 0 saturated carbocycles. The molecule has 0 amide bonds. The Balaban J connectivity index is 2.13. The van der Waals surface area contributed by atoms with Gasteiger partial charge in [0.1, 0.15) is 5.82 Å². The van der Waals surface area contributed by atoms with Gasteiger partial charge in [-0.15, -0.1) is 0 Å². The van der Waals surface area contributed by atoms with Crippen molar-refractivity contribution in [3.05, 3.63) is 58.2 Å². The zero-order valence-corrected chi connectivity index (χ0v) is 14.4. The van der Waals surface area contributed by atoms with Gasteiger partial charge in [0.25, 0.3) is 0 Å². The fourth-order valence-corrected chi connectivity index (χ4v) is 2.66. The van der Waals surface area contributed by atoms with Gasteiger partial charge < -0.3 is 10.2 Å². The number of hydrogen-bond donors (Lipinski definition) is 1. The topological polar surface area (TPSA) is 28.2 Å². The van der Waals surface area contributed by atoms with Crippen LogP contribution in [-0.2, 0) is 13.1 Å². The van der Waals surface area contributed by atoms with E-state index in [4.69, 9.17) is 0 Å². The van der Waals surface area contributed by atoms with Gasteiger partial charge in [0.2, 0.25) is 0 Å². The van der Waals surface area contributed by atoms with Crippen molar-refractivity contribution < 1.29 is 0 Å². The highest BCUT2D eigenvalue weighted by Gasteiger charge is 2.09. The zero-order chi connectivity index (χ0) is 15.2. The third-order valence-electron chi connectivity index (χ3n) is 3.24. The molecular formula is C17H22BrN3. The Bertz CT molecular complexity index is 584.